The molecule has 1 aromatic carbocycles. The van der Waals surface area contributed by atoms with E-state index in [1.807, 2.05) is 37.3 Å². The molecular weight excluding hydrogens is 188 g/mol. The Bertz CT molecular complexity index is 328. The standard InChI is InChI=1S/C13H16O2/c1-11(14)8-9-12(2)15-10-13-6-4-3-5-7-13/h3-9,12H,10H2,1-2H3/b9-8+. The molecule has 0 radical (unpaired) electrons. The van der Waals surface area contributed by atoms with E-state index in [1.54, 1.807) is 6.08 Å². The summed E-state index contributed by atoms with van der Waals surface area (Å²) in [5.74, 6) is 0.0464. The summed E-state index contributed by atoms with van der Waals surface area (Å²) < 4.78 is 5.54. The molecule has 0 saturated heterocycles. The van der Waals surface area contributed by atoms with Gasteiger partial charge in [0.1, 0.15) is 0 Å². The highest BCUT2D eigenvalue weighted by Crippen LogP contribution is 2.03. The Hall–Kier alpha value is -1.41. The molecule has 15 heavy (non-hydrogen) atoms. The average molecular weight is 204 g/mol. The Morgan fingerprint density at radius 3 is 2.67 bits per heavy atom. The van der Waals surface area contributed by atoms with Crippen molar-refractivity contribution in [3.63, 3.8) is 0 Å². The van der Waals surface area contributed by atoms with Gasteiger partial charge >= 0.3 is 0 Å². The molecule has 2 heteroatoms. The summed E-state index contributed by atoms with van der Waals surface area (Å²) in [5.41, 5.74) is 1.14. The van der Waals surface area contributed by atoms with Gasteiger partial charge < -0.3 is 4.74 Å². The van der Waals surface area contributed by atoms with Gasteiger partial charge in [-0.25, -0.2) is 0 Å². The van der Waals surface area contributed by atoms with Crippen LogP contribution in [0.15, 0.2) is 42.5 Å². The summed E-state index contributed by atoms with van der Waals surface area (Å²) >= 11 is 0. The summed E-state index contributed by atoms with van der Waals surface area (Å²) in [7, 11) is 0. The van der Waals surface area contributed by atoms with E-state index in [4.69, 9.17) is 4.74 Å². The molecule has 1 aromatic rings. The lowest BCUT2D eigenvalue weighted by molar-refractivity contribution is -0.112. The minimum Gasteiger partial charge on any atom is -0.370 e. The fraction of sp³-hybridized carbons (Fsp3) is 0.308. The van der Waals surface area contributed by atoms with Crippen LogP contribution in [0, 0.1) is 0 Å². The number of ketones is 1. The first-order valence-electron chi connectivity index (χ1n) is 5.03. The lowest BCUT2D eigenvalue weighted by Gasteiger charge is -2.08. The zero-order chi connectivity index (χ0) is 11.1. The Morgan fingerprint density at radius 2 is 2.07 bits per heavy atom. The fourth-order valence-corrected chi connectivity index (χ4v) is 1.13. The quantitative estimate of drug-likeness (QED) is 0.689. The minimum atomic E-state index is -0.0332. The number of ether oxygens (including phenoxy) is 1. The zero-order valence-electron chi connectivity index (χ0n) is 9.14. The highest BCUT2D eigenvalue weighted by atomic mass is 16.5. The molecule has 0 aromatic heterocycles. The van der Waals surface area contributed by atoms with Crippen LogP contribution in [0.5, 0.6) is 0 Å². The normalized spacial score (nSPS) is 12.9. The van der Waals surface area contributed by atoms with Crippen molar-refractivity contribution >= 4 is 5.78 Å². The van der Waals surface area contributed by atoms with E-state index in [-0.39, 0.29) is 11.9 Å². The predicted octanol–water partition coefficient (Wildman–Crippen LogP) is 2.74. The molecule has 0 bridgehead atoms. The number of hydrogen-bond acceptors (Lipinski definition) is 2. The van der Waals surface area contributed by atoms with E-state index in [0.717, 1.165) is 5.56 Å². The summed E-state index contributed by atoms with van der Waals surface area (Å²) in [6.45, 7) is 4.02. The molecule has 0 aliphatic heterocycles. The number of carbonyl (C=O) groups is 1. The van der Waals surface area contributed by atoms with E-state index >= 15 is 0 Å². The molecule has 1 atom stereocenters. The lowest BCUT2D eigenvalue weighted by atomic mass is 10.2. The van der Waals surface area contributed by atoms with Gasteiger partial charge in [-0.05, 0) is 25.5 Å². The summed E-state index contributed by atoms with van der Waals surface area (Å²) in [4.78, 5) is 10.7. The highest BCUT2D eigenvalue weighted by Gasteiger charge is 1.97. The van der Waals surface area contributed by atoms with Crippen molar-refractivity contribution in [2.45, 2.75) is 26.6 Å². The van der Waals surface area contributed by atoms with Crippen molar-refractivity contribution in [1.29, 1.82) is 0 Å². The van der Waals surface area contributed by atoms with Crippen molar-refractivity contribution < 1.29 is 9.53 Å². The largest absolute Gasteiger partial charge is 0.370 e. The van der Waals surface area contributed by atoms with Crippen LogP contribution in [-0.2, 0) is 16.1 Å². The lowest BCUT2D eigenvalue weighted by Crippen LogP contribution is -2.04. The fourth-order valence-electron chi connectivity index (χ4n) is 1.13. The number of allylic oxidation sites excluding steroid dienone is 1. The van der Waals surface area contributed by atoms with Crippen LogP contribution in [-0.4, -0.2) is 11.9 Å². The van der Waals surface area contributed by atoms with Crippen molar-refractivity contribution in [2.24, 2.45) is 0 Å². The van der Waals surface area contributed by atoms with Crippen molar-refractivity contribution in [3.8, 4) is 0 Å². The molecule has 0 amide bonds. The predicted molar refractivity (Wildman–Crippen MR) is 60.5 cm³/mol. The van der Waals surface area contributed by atoms with Crippen LogP contribution in [0.1, 0.15) is 19.4 Å². The third kappa shape index (κ3) is 5.13. The van der Waals surface area contributed by atoms with Gasteiger partial charge in [-0.1, -0.05) is 36.4 Å². The second-order valence-corrected chi connectivity index (χ2v) is 3.47. The molecule has 0 saturated carbocycles. The second-order valence-electron chi connectivity index (χ2n) is 3.47. The second kappa shape index (κ2) is 6.14. The summed E-state index contributed by atoms with van der Waals surface area (Å²) in [5, 5.41) is 0. The van der Waals surface area contributed by atoms with E-state index in [1.165, 1.54) is 13.0 Å². The average Bonchev–Trinajstić information content (AvgIpc) is 2.25. The monoisotopic (exact) mass is 204 g/mol. The molecular formula is C13H16O2. The number of benzene rings is 1. The summed E-state index contributed by atoms with van der Waals surface area (Å²) in [6, 6.07) is 9.97. The minimum absolute atomic E-state index is 0.0332. The molecule has 80 valence electrons. The maximum absolute atomic E-state index is 10.7. The Morgan fingerprint density at radius 1 is 1.40 bits per heavy atom. The molecule has 1 unspecified atom stereocenters. The SMILES string of the molecule is CC(=O)/C=C/C(C)OCc1ccccc1. The van der Waals surface area contributed by atoms with Gasteiger partial charge in [-0.2, -0.15) is 0 Å². The maximum Gasteiger partial charge on any atom is 0.152 e. The molecule has 1 rings (SSSR count). The molecule has 0 N–H and O–H groups in total. The van der Waals surface area contributed by atoms with Gasteiger partial charge in [-0.3, -0.25) is 4.79 Å². The van der Waals surface area contributed by atoms with E-state index in [9.17, 15) is 4.79 Å². The Balaban J connectivity index is 2.34. The van der Waals surface area contributed by atoms with Crippen LogP contribution < -0.4 is 0 Å². The van der Waals surface area contributed by atoms with Crippen molar-refractivity contribution in [2.75, 3.05) is 0 Å². The van der Waals surface area contributed by atoms with Crippen LogP contribution in [0.4, 0.5) is 0 Å². The highest BCUT2D eigenvalue weighted by molar-refractivity contribution is 5.87. The molecule has 2 nitrogen and oxygen atoms in total. The van der Waals surface area contributed by atoms with Gasteiger partial charge in [0.15, 0.2) is 5.78 Å². The first-order chi connectivity index (χ1) is 7.18. The topological polar surface area (TPSA) is 26.3 Å². The third-order valence-electron chi connectivity index (χ3n) is 1.96. The number of hydrogen-bond donors (Lipinski definition) is 0. The van der Waals surface area contributed by atoms with Gasteiger partial charge in [-0.15, -0.1) is 0 Å². The van der Waals surface area contributed by atoms with Crippen LogP contribution in [0.25, 0.3) is 0 Å². The van der Waals surface area contributed by atoms with E-state index < -0.39 is 0 Å². The van der Waals surface area contributed by atoms with E-state index in [2.05, 4.69) is 0 Å². The molecule has 0 heterocycles. The Labute approximate surface area is 90.6 Å². The number of rotatable bonds is 5. The molecule has 0 aliphatic carbocycles. The van der Waals surface area contributed by atoms with Crippen LogP contribution >= 0.6 is 0 Å². The van der Waals surface area contributed by atoms with Crippen LogP contribution in [0.3, 0.4) is 0 Å². The van der Waals surface area contributed by atoms with Gasteiger partial charge in [0.2, 0.25) is 0 Å². The van der Waals surface area contributed by atoms with Gasteiger partial charge in [0.05, 0.1) is 12.7 Å². The number of carbonyl (C=O) groups excluding carboxylic acids is 1. The van der Waals surface area contributed by atoms with E-state index in [0.29, 0.717) is 6.61 Å². The summed E-state index contributed by atoms with van der Waals surface area (Å²) in [6.07, 6.45) is 3.27. The van der Waals surface area contributed by atoms with Crippen molar-refractivity contribution in [3.05, 3.63) is 48.0 Å². The van der Waals surface area contributed by atoms with Crippen molar-refractivity contribution in [1.82, 2.24) is 0 Å². The Kier molecular flexibility index (Phi) is 4.78. The smallest absolute Gasteiger partial charge is 0.152 e. The zero-order valence-corrected chi connectivity index (χ0v) is 9.14. The van der Waals surface area contributed by atoms with Gasteiger partial charge in [0, 0.05) is 0 Å². The third-order valence-corrected chi connectivity index (χ3v) is 1.96. The molecule has 0 fully saturated rings. The molecule has 0 aliphatic rings. The first-order valence-corrected chi connectivity index (χ1v) is 5.03. The first kappa shape index (κ1) is 11.7. The van der Waals surface area contributed by atoms with Gasteiger partial charge in [0.25, 0.3) is 0 Å². The molecule has 0 spiro atoms. The maximum atomic E-state index is 10.7. The van der Waals surface area contributed by atoms with Crippen LogP contribution in [0.2, 0.25) is 0 Å².